The number of halogens is 1. The molecule has 2 unspecified atom stereocenters. The lowest BCUT2D eigenvalue weighted by molar-refractivity contribution is 0.0566. The largest absolute Gasteiger partial charge is 0.336 e. The maximum atomic E-state index is 12.7. The number of hydrogen-bond acceptors (Lipinski definition) is 2. The van der Waals surface area contributed by atoms with E-state index in [0.717, 1.165) is 24.9 Å². The number of nitrogens with two attached hydrogens (primary N) is 1. The highest BCUT2D eigenvalue weighted by molar-refractivity contribution is 6.31. The molecule has 1 aromatic rings. The van der Waals surface area contributed by atoms with Gasteiger partial charge in [0.25, 0.3) is 5.91 Å². The van der Waals surface area contributed by atoms with Crippen molar-refractivity contribution in [2.24, 2.45) is 11.7 Å². The molecular formula is C15H21ClN2O. The van der Waals surface area contributed by atoms with Crippen molar-refractivity contribution in [1.82, 2.24) is 4.90 Å². The summed E-state index contributed by atoms with van der Waals surface area (Å²) in [5, 5.41) is 0.644. The summed E-state index contributed by atoms with van der Waals surface area (Å²) in [6, 6.07) is 5.77. The van der Waals surface area contributed by atoms with Gasteiger partial charge in [0, 0.05) is 23.2 Å². The van der Waals surface area contributed by atoms with E-state index in [1.807, 2.05) is 30.0 Å². The van der Waals surface area contributed by atoms with E-state index >= 15 is 0 Å². The van der Waals surface area contributed by atoms with Crippen LogP contribution in [0.15, 0.2) is 18.2 Å². The third-order valence-corrected chi connectivity index (χ3v) is 4.48. The van der Waals surface area contributed by atoms with E-state index in [1.165, 1.54) is 0 Å². The molecule has 1 fully saturated rings. The van der Waals surface area contributed by atoms with Crippen molar-refractivity contribution in [3.63, 3.8) is 0 Å². The quantitative estimate of drug-likeness (QED) is 0.905. The Morgan fingerprint density at radius 3 is 2.89 bits per heavy atom. The molecule has 0 spiro atoms. The molecule has 2 N–H and O–H groups in total. The van der Waals surface area contributed by atoms with Gasteiger partial charge in [-0.2, -0.15) is 0 Å². The molecule has 1 amide bonds. The van der Waals surface area contributed by atoms with Crippen LogP contribution >= 0.6 is 11.6 Å². The summed E-state index contributed by atoms with van der Waals surface area (Å²) in [5.41, 5.74) is 7.31. The maximum Gasteiger partial charge on any atom is 0.254 e. The molecule has 1 aliphatic heterocycles. The number of benzene rings is 1. The Morgan fingerprint density at radius 1 is 1.47 bits per heavy atom. The Bertz CT molecular complexity index is 475. The first-order valence-electron chi connectivity index (χ1n) is 6.80. The van der Waals surface area contributed by atoms with E-state index in [-0.39, 0.29) is 11.9 Å². The van der Waals surface area contributed by atoms with Crippen molar-refractivity contribution >= 4 is 17.5 Å². The van der Waals surface area contributed by atoms with Gasteiger partial charge in [-0.3, -0.25) is 4.79 Å². The number of nitrogens with zero attached hydrogens (tertiary/aromatic N) is 1. The van der Waals surface area contributed by atoms with Gasteiger partial charge in [0.1, 0.15) is 0 Å². The third kappa shape index (κ3) is 2.93. The second-order valence-electron chi connectivity index (χ2n) is 5.40. The normalized spacial score (nSPS) is 23.5. The zero-order valence-corrected chi connectivity index (χ0v) is 12.3. The Hall–Kier alpha value is -1.06. The fourth-order valence-electron chi connectivity index (χ4n) is 2.65. The molecule has 104 valence electrons. The van der Waals surface area contributed by atoms with E-state index < -0.39 is 0 Å². The van der Waals surface area contributed by atoms with E-state index in [4.69, 9.17) is 17.3 Å². The first kappa shape index (κ1) is 14.4. The highest BCUT2D eigenvalue weighted by Gasteiger charge is 2.29. The molecule has 3 nitrogen and oxygen atoms in total. The van der Waals surface area contributed by atoms with Crippen LogP contribution in [-0.4, -0.2) is 29.9 Å². The lowest BCUT2D eigenvalue weighted by Gasteiger charge is -2.38. The topological polar surface area (TPSA) is 46.3 Å². The molecule has 0 radical (unpaired) electrons. The van der Waals surface area contributed by atoms with Gasteiger partial charge < -0.3 is 10.6 Å². The van der Waals surface area contributed by atoms with Crippen LogP contribution in [0.1, 0.15) is 35.7 Å². The first-order chi connectivity index (χ1) is 9.04. The Morgan fingerprint density at radius 2 is 2.21 bits per heavy atom. The summed E-state index contributed by atoms with van der Waals surface area (Å²) in [5.74, 6) is 0.491. The maximum absolute atomic E-state index is 12.7. The number of carbonyl (C=O) groups is 1. The van der Waals surface area contributed by atoms with Crippen LogP contribution in [0.5, 0.6) is 0 Å². The fraction of sp³-hybridized carbons (Fsp3) is 0.533. The van der Waals surface area contributed by atoms with Gasteiger partial charge in [-0.05, 0) is 56.8 Å². The van der Waals surface area contributed by atoms with Gasteiger partial charge >= 0.3 is 0 Å². The zero-order valence-electron chi connectivity index (χ0n) is 11.5. The predicted molar refractivity (Wildman–Crippen MR) is 78.5 cm³/mol. The van der Waals surface area contributed by atoms with E-state index in [9.17, 15) is 4.79 Å². The van der Waals surface area contributed by atoms with Crippen LogP contribution in [0.2, 0.25) is 5.02 Å². The minimum Gasteiger partial charge on any atom is -0.336 e. The van der Waals surface area contributed by atoms with Crippen LogP contribution in [0.25, 0.3) is 0 Å². The van der Waals surface area contributed by atoms with Gasteiger partial charge in [-0.15, -0.1) is 0 Å². The van der Waals surface area contributed by atoms with Crippen LogP contribution in [-0.2, 0) is 0 Å². The monoisotopic (exact) mass is 280 g/mol. The molecule has 0 saturated carbocycles. The Kier molecular flexibility index (Phi) is 4.48. The lowest BCUT2D eigenvalue weighted by atomic mass is 9.92. The molecule has 1 aromatic carbocycles. The number of piperidine rings is 1. The van der Waals surface area contributed by atoms with Crippen molar-refractivity contribution in [2.75, 3.05) is 13.1 Å². The number of amides is 1. The number of carbonyl (C=O) groups excluding carboxylic acids is 1. The summed E-state index contributed by atoms with van der Waals surface area (Å²) < 4.78 is 0. The van der Waals surface area contributed by atoms with E-state index in [1.54, 1.807) is 0 Å². The minimum absolute atomic E-state index is 0.0747. The van der Waals surface area contributed by atoms with Gasteiger partial charge in [0.15, 0.2) is 0 Å². The van der Waals surface area contributed by atoms with Crippen LogP contribution < -0.4 is 5.73 Å². The number of likely N-dealkylation sites (tertiary alicyclic amines) is 1. The summed E-state index contributed by atoms with van der Waals surface area (Å²) >= 11 is 6.10. The highest BCUT2D eigenvalue weighted by atomic mass is 35.5. The van der Waals surface area contributed by atoms with Crippen molar-refractivity contribution in [3.05, 3.63) is 34.3 Å². The summed E-state index contributed by atoms with van der Waals surface area (Å²) in [7, 11) is 0. The second-order valence-corrected chi connectivity index (χ2v) is 5.81. The van der Waals surface area contributed by atoms with E-state index in [0.29, 0.717) is 23.0 Å². The van der Waals surface area contributed by atoms with Crippen molar-refractivity contribution < 1.29 is 4.79 Å². The Balaban J connectivity index is 2.24. The number of hydrogen-bond donors (Lipinski definition) is 1. The molecular weight excluding hydrogens is 260 g/mol. The smallest absolute Gasteiger partial charge is 0.254 e. The van der Waals surface area contributed by atoms with Crippen molar-refractivity contribution in [1.29, 1.82) is 0 Å². The van der Waals surface area contributed by atoms with Crippen molar-refractivity contribution in [2.45, 2.75) is 32.7 Å². The standard InChI is InChI=1S/C15H21ClN2O/c1-10-6-7-12(8-17)9-18(10)15(19)13-4-3-5-14(16)11(13)2/h3-5,10,12H,6-9,17H2,1-2H3. The van der Waals surface area contributed by atoms with Crippen molar-refractivity contribution in [3.8, 4) is 0 Å². The summed E-state index contributed by atoms with van der Waals surface area (Å²) in [6.45, 7) is 5.39. The molecule has 0 bridgehead atoms. The molecule has 2 rings (SSSR count). The predicted octanol–water partition coefficient (Wildman–Crippen LogP) is 2.85. The Labute approximate surface area is 119 Å². The molecule has 19 heavy (non-hydrogen) atoms. The molecule has 1 saturated heterocycles. The third-order valence-electron chi connectivity index (χ3n) is 4.07. The molecule has 1 aliphatic rings. The lowest BCUT2D eigenvalue weighted by Crippen LogP contribution is -2.47. The SMILES string of the molecule is Cc1c(Cl)cccc1C(=O)N1CC(CN)CCC1C. The zero-order chi connectivity index (χ0) is 14.0. The molecule has 2 atom stereocenters. The molecule has 4 heteroatoms. The summed E-state index contributed by atoms with van der Waals surface area (Å²) in [4.78, 5) is 14.6. The number of rotatable bonds is 2. The minimum atomic E-state index is 0.0747. The average molecular weight is 281 g/mol. The molecule has 0 aliphatic carbocycles. The summed E-state index contributed by atoms with van der Waals surface area (Å²) in [6.07, 6.45) is 2.13. The van der Waals surface area contributed by atoms with Crippen LogP contribution in [0.3, 0.4) is 0 Å². The van der Waals surface area contributed by atoms with Crippen LogP contribution in [0.4, 0.5) is 0 Å². The average Bonchev–Trinajstić information content (AvgIpc) is 2.42. The fourth-order valence-corrected chi connectivity index (χ4v) is 2.83. The molecule has 1 heterocycles. The van der Waals surface area contributed by atoms with Crippen LogP contribution in [0, 0.1) is 12.8 Å². The first-order valence-corrected chi connectivity index (χ1v) is 7.18. The second kappa shape index (κ2) is 5.93. The highest BCUT2D eigenvalue weighted by Crippen LogP contribution is 2.26. The van der Waals surface area contributed by atoms with Gasteiger partial charge in [-0.25, -0.2) is 0 Å². The van der Waals surface area contributed by atoms with E-state index in [2.05, 4.69) is 6.92 Å². The van der Waals surface area contributed by atoms with Gasteiger partial charge in [0.05, 0.1) is 0 Å². The van der Waals surface area contributed by atoms with Gasteiger partial charge in [-0.1, -0.05) is 17.7 Å². The van der Waals surface area contributed by atoms with Gasteiger partial charge in [0.2, 0.25) is 0 Å². The molecule has 0 aromatic heterocycles.